The Bertz CT molecular complexity index is 366. The highest BCUT2D eigenvalue weighted by molar-refractivity contribution is 8.00. The van der Waals surface area contributed by atoms with Crippen LogP contribution in [0.5, 0.6) is 0 Å². The summed E-state index contributed by atoms with van der Waals surface area (Å²) in [5, 5.41) is 3.76. The van der Waals surface area contributed by atoms with Crippen molar-refractivity contribution in [2.24, 2.45) is 5.92 Å². The molecule has 0 fully saturated rings. The van der Waals surface area contributed by atoms with Crippen LogP contribution in [0.25, 0.3) is 0 Å². The fraction of sp³-hybridized carbons (Fsp3) is 0.600. The Morgan fingerprint density at radius 3 is 2.61 bits per heavy atom. The second-order valence-corrected chi connectivity index (χ2v) is 6.36. The molecule has 1 aromatic rings. The predicted molar refractivity (Wildman–Crippen MR) is 78.6 cm³/mol. The first-order valence-corrected chi connectivity index (χ1v) is 7.59. The summed E-state index contributed by atoms with van der Waals surface area (Å²) in [6.07, 6.45) is 1.10. The number of hydrogen-bond acceptors (Lipinski definition) is 2. The molecule has 1 nitrogen and oxygen atoms in total. The van der Waals surface area contributed by atoms with Crippen LogP contribution in [0.2, 0.25) is 0 Å². The van der Waals surface area contributed by atoms with Gasteiger partial charge in [0.2, 0.25) is 0 Å². The van der Waals surface area contributed by atoms with E-state index in [1.165, 1.54) is 0 Å². The van der Waals surface area contributed by atoms with Gasteiger partial charge in [0, 0.05) is 16.7 Å². The quantitative estimate of drug-likeness (QED) is 0.579. The molecule has 0 saturated carbocycles. The Kier molecular flexibility index (Phi) is 6.72. The summed E-state index contributed by atoms with van der Waals surface area (Å²) in [6.45, 7) is 10.4. The predicted octanol–water partition coefficient (Wildman–Crippen LogP) is 4.46. The van der Waals surface area contributed by atoms with Gasteiger partial charge in [-0.05, 0) is 30.5 Å². The zero-order valence-electron chi connectivity index (χ0n) is 11.8. The molecule has 0 radical (unpaired) electrons. The van der Waals surface area contributed by atoms with Crippen molar-refractivity contribution in [1.82, 2.24) is 5.32 Å². The maximum absolute atomic E-state index is 13.9. The van der Waals surface area contributed by atoms with Crippen LogP contribution in [0.1, 0.15) is 39.7 Å². The minimum atomic E-state index is -0.0942. The largest absolute Gasteiger partial charge is 0.313 e. The van der Waals surface area contributed by atoms with Gasteiger partial charge in [0.1, 0.15) is 5.82 Å². The lowest BCUT2D eigenvalue weighted by molar-refractivity contribution is 0.585. The monoisotopic (exact) mass is 269 g/mol. The Balaban J connectivity index is 2.80. The van der Waals surface area contributed by atoms with Crippen LogP contribution < -0.4 is 5.32 Å². The SMILES string of the molecule is CCCNCc1cccc(F)c1SC(C)C(C)C. The molecule has 0 bridgehead atoms. The summed E-state index contributed by atoms with van der Waals surface area (Å²) in [5.74, 6) is 0.453. The topological polar surface area (TPSA) is 12.0 Å². The molecule has 0 spiro atoms. The Morgan fingerprint density at radius 2 is 2.00 bits per heavy atom. The highest BCUT2D eigenvalue weighted by atomic mass is 32.2. The first-order chi connectivity index (χ1) is 8.56. The molecular formula is C15H24FNS. The van der Waals surface area contributed by atoms with Crippen molar-refractivity contribution in [3.63, 3.8) is 0 Å². The second-order valence-electron chi connectivity index (χ2n) is 4.97. The second kappa shape index (κ2) is 7.80. The Labute approximate surface area is 115 Å². The molecule has 1 N–H and O–H groups in total. The molecule has 18 heavy (non-hydrogen) atoms. The third kappa shape index (κ3) is 4.62. The van der Waals surface area contributed by atoms with E-state index in [-0.39, 0.29) is 5.82 Å². The van der Waals surface area contributed by atoms with Crippen LogP contribution in [0.3, 0.4) is 0 Å². The van der Waals surface area contributed by atoms with Gasteiger partial charge in [-0.2, -0.15) is 0 Å². The van der Waals surface area contributed by atoms with Crippen molar-refractivity contribution in [3.05, 3.63) is 29.6 Å². The van der Waals surface area contributed by atoms with E-state index in [1.54, 1.807) is 23.9 Å². The molecule has 102 valence electrons. The van der Waals surface area contributed by atoms with Gasteiger partial charge in [-0.15, -0.1) is 11.8 Å². The average Bonchev–Trinajstić information content (AvgIpc) is 2.33. The molecule has 1 unspecified atom stereocenters. The number of halogens is 1. The van der Waals surface area contributed by atoms with E-state index in [9.17, 15) is 4.39 Å². The molecular weight excluding hydrogens is 245 g/mol. The van der Waals surface area contributed by atoms with E-state index in [0.717, 1.165) is 30.0 Å². The summed E-state index contributed by atoms with van der Waals surface area (Å²) in [4.78, 5) is 0.808. The molecule has 1 rings (SSSR count). The number of thioether (sulfide) groups is 1. The van der Waals surface area contributed by atoms with E-state index in [1.807, 2.05) is 6.07 Å². The first-order valence-electron chi connectivity index (χ1n) is 6.71. The summed E-state index contributed by atoms with van der Waals surface area (Å²) >= 11 is 1.65. The van der Waals surface area contributed by atoms with Crippen LogP contribution in [0.15, 0.2) is 23.1 Å². The zero-order chi connectivity index (χ0) is 13.5. The minimum absolute atomic E-state index is 0.0942. The van der Waals surface area contributed by atoms with Crippen molar-refractivity contribution in [2.45, 2.75) is 50.8 Å². The number of nitrogens with one attached hydrogen (secondary N) is 1. The van der Waals surface area contributed by atoms with E-state index in [2.05, 4.69) is 33.0 Å². The van der Waals surface area contributed by atoms with Gasteiger partial charge in [-0.1, -0.05) is 39.8 Å². The van der Waals surface area contributed by atoms with Gasteiger partial charge >= 0.3 is 0 Å². The first kappa shape index (κ1) is 15.5. The summed E-state index contributed by atoms with van der Waals surface area (Å²) < 4.78 is 13.9. The van der Waals surface area contributed by atoms with Crippen LogP contribution in [-0.2, 0) is 6.54 Å². The molecule has 0 amide bonds. The van der Waals surface area contributed by atoms with Crippen molar-refractivity contribution in [2.75, 3.05) is 6.54 Å². The maximum atomic E-state index is 13.9. The van der Waals surface area contributed by atoms with E-state index >= 15 is 0 Å². The van der Waals surface area contributed by atoms with Gasteiger partial charge in [0.15, 0.2) is 0 Å². The maximum Gasteiger partial charge on any atom is 0.137 e. The van der Waals surface area contributed by atoms with E-state index in [4.69, 9.17) is 0 Å². The number of hydrogen-bond donors (Lipinski definition) is 1. The molecule has 1 atom stereocenters. The van der Waals surface area contributed by atoms with Gasteiger partial charge in [0.05, 0.1) is 0 Å². The highest BCUT2D eigenvalue weighted by Gasteiger charge is 2.15. The molecule has 1 aromatic carbocycles. The van der Waals surface area contributed by atoms with E-state index < -0.39 is 0 Å². The van der Waals surface area contributed by atoms with Crippen molar-refractivity contribution in [1.29, 1.82) is 0 Å². The summed E-state index contributed by atoms with van der Waals surface area (Å²) in [7, 11) is 0. The molecule has 0 aliphatic heterocycles. The normalized spacial score (nSPS) is 13.0. The molecule has 3 heteroatoms. The molecule has 0 heterocycles. The fourth-order valence-corrected chi connectivity index (χ4v) is 2.66. The van der Waals surface area contributed by atoms with Crippen LogP contribution in [0, 0.1) is 11.7 Å². The molecule has 0 saturated heterocycles. The lowest BCUT2D eigenvalue weighted by Crippen LogP contribution is -2.15. The van der Waals surface area contributed by atoms with Crippen LogP contribution >= 0.6 is 11.8 Å². The third-order valence-electron chi connectivity index (χ3n) is 3.03. The Hall–Kier alpha value is -0.540. The summed E-state index contributed by atoms with van der Waals surface area (Å²) in [6, 6.07) is 5.36. The Morgan fingerprint density at radius 1 is 1.28 bits per heavy atom. The van der Waals surface area contributed by atoms with Crippen molar-refractivity contribution in [3.8, 4) is 0 Å². The number of benzene rings is 1. The average molecular weight is 269 g/mol. The third-order valence-corrected chi connectivity index (χ3v) is 4.64. The van der Waals surface area contributed by atoms with Gasteiger partial charge < -0.3 is 5.32 Å². The van der Waals surface area contributed by atoms with Crippen molar-refractivity contribution >= 4 is 11.8 Å². The van der Waals surface area contributed by atoms with Crippen LogP contribution in [-0.4, -0.2) is 11.8 Å². The molecule has 0 aliphatic carbocycles. The number of rotatable bonds is 7. The smallest absolute Gasteiger partial charge is 0.137 e. The lowest BCUT2D eigenvalue weighted by Gasteiger charge is -2.18. The lowest BCUT2D eigenvalue weighted by atomic mass is 10.2. The van der Waals surface area contributed by atoms with Crippen LogP contribution in [0.4, 0.5) is 4.39 Å². The zero-order valence-corrected chi connectivity index (χ0v) is 12.6. The van der Waals surface area contributed by atoms with Gasteiger partial charge in [0.25, 0.3) is 0 Å². The standard InChI is InChI=1S/C15H24FNS/c1-5-9-17-10-13-7-6-8-14(16)15(13)18-12(4)11(2)3/h6-8,11-12,17H,5,9-10H2,1-4H3. The van der Waals surface area contributed by atoms with Gasteiger partial charge in [-0.25, -0.2) is 4.39 Å². The minimum Gasteiger partial charge on any atom is -0.313 e. The molecule has 0 aliphatic rings. The van der Waals surface area contributed by atoms with Crippen molar-refractivity contribution < 1.29 is 4.39 Å². The van der Waals surface area contributed by atoms with E-state index in [0.29, 0.717) is 11.2 Å². The highest BCUT2D eigenvalue weighted by Crippen LogP contribution is 2.32. The van der Waals surface area contributed by atoms with Gasteiger partial charge in [-0.3, -0.25) is 0 Å². The molecule has 0 aromatic heterocycles. The fourth-order valence-electron chi connectivity index (χ4n) is 1.55. The summed E-state index contributed by atoms with van der Waals surface area (Å²) in [5.41, 5.74) is 1.07.